The Morgan fingerprint density at radius 3 is 2.44 bits per heavy atom. The molecule has 2 fully saturated rings. The minimum atomic E-state index is -0.657. The molecule has 1 aliphatic heterocycles. The molecule has 0 amide bonds. The van der Waals surface area contributed by atoms with Crippen LogP contribution in [-0.4, -0.2) is 54.4 Å². The Morgan fingerprint density at radius 1 is 1.05 bits per heavy atom. The molecule has 3 N–H and O–H groups in total. The molecule has 0 atom stereocenters. The number of aromatic hydroxyl groups is 1. The van der Waals surface area contributed by atoms with Gasteiger partial charge in [0.25, 0.3) is 0 Å². The first-order valence-electron chi connectivity index (χ1n) is 13.9. The number of piperidine rings is 1. The average molecular weight is 527 g/mol. The van der Waals surface area contributed by atoms with E-state index in [4.69, 9.17) is 9.97 Å². The Hall–Kier alpha value is -4.01. The molecule has 0 radical (unpaired) electrons. The number of nitrogens with zero attached hydrogens (tertiary/aromatic N) is 5. The molecule has 202 valence electrons. The second kappa shape index (κ2) is 10.3. The van der Waals surface area contributed by atoms with E-state index < -0.39 is 11.4 Å². The second-order valence-corrected chi connectivity index (χ2v) is 11.0. The van der Waals surface area contributed by atoms with Gasteiger partial charge >= 0.3 is 5.97 Å². The topological polar surface area (TPSA) is 128 Å². The Bertz CT molecular complexity index is 1470. The van der Waals surface area contributed by atoms with E-state index >= 15 is 0 Å². The molecule has 1 saturated heterocycles. The number of carboxylic acids is 1. The molecule has 1 aromatic carbocycles. The lowest BCUT2D eigenvalue weighted by Gasteiger charge is -2.36. The van der Waals surface area contributed by atoms with Crippen molar-refractivity contribution < 1.29 is 15.0 Å². The first kappa shape index (κ1) is 25.3. The van der Waals surface area contributed by atoms with Gasteiger partial charge in [-0.25, -0.2) is 9.97 Å². The van der Waals surface area contributed by atoms with E-state index in [1.807, 2.05) is 43.7 Å². The Labute approximate surface area is 227 Å². The van der Waals surface area contributed by atoms with Gasteiger partial charge in [-0.15, -0.1) is 10.2 Å². The van der Waals surface area contributed by atoms with Crippen LogP contribution in [0.4, 0.5) is 5.95 Å². The monoisotopic (exact) mass is 526 g/mol. The third-order valence-electron chi connectivity index (χ3n) is 9.07. The molecule has 9 heteroatoms. The smallest absolute Gasteiger partial charge is 0.309 e. The molecule has 1 saturated carbocycles. The van der Waals surface area contributed by atoms with E-state index in [1.54, 1.807) is 12.1 Å². The highest BCUT2D eigenvalue weighted by atomic mass is 16.4. The Kier molecular flexibility index (Phi) is 6.66. The van der Waals surface area contributed by atoms with Gasteiger partial charge in [-0.1, -0.05) is 19.1 Å². The maximum atomic E-state index is 11.8. The van der Waals surface area contributed by atoms with Crippen LogP contribution in [0, 0.1) is 5.41 Å². The fourth-order valence-electron chi connectivity index (χ4n) is 6.42. The summed E-state index contributed by atoms with van der Waals surface area (Å²) in [7, 11) is 0. The van der Waals surface area contributed by atoms with Gasteiger partial charge in [-0.05, 0) is 86.1 Å². The second-order valence-electron chi connectivity index (χ2n) is 11.0. The largest absolute Gasteiger partial charge is 0.507 e. The SMILES string of the molecule is CCC1(C(=O)O)CCC(c2cnc(N3CCC(c4c[nH]c5nnc(-c6ccccc6O)cc45)CC3)nc2)CC1. The van der Waals surface area contributed by atoms with Gasteiger partial charge in [-0.3, -0.25) is 4.79 Å². The molecule has 3 aromatic heterocycles. The van der Waals surface area contributed by atoms with Crippen LogP contribution in [0.5, 0.6) is 5.75 Å². The molecule has 0 spiro atoms. The maximum Gasteiger partial charge on any atom is 0.309 e. The number of aromatic nitrogens is 5. The lowest BCUT2D eigenvalue weighted by Crippen LogP contribution is -2.35. The van der Waals surface area contributed by atoms with Crippen molar-refractivity contribution in [1.82, 2.24) is 25.1 Å². The van der Waals surface area contributed by atoms with Gasteiger partial charge in [-0.2, -0.15) is 0 Å². The van der Waals surface area contributed by atoms with Gasteiger partial charge in [0.2, 0.25) is 5.95 Å². The number of H-pyrrole nitrogens is 1. The molecule has 39 heavy (non-hydrogen) atoms. The summed E-state index contributed by atoms with van der Waals surface area (Å²) in [6.07, 6.45) is 11.7. The number of anilines is 1. The molecule has 2 aliphatic rings. The predicted octanol–water partition coefficient (Wildman–Crippen LogP) is 5.64. The number of phenolic OH excluding ortho intramolecular Hbond substituents is 1. The van der Waals surface area contributed by atoms with Gasteiger partial charge < -0.3 is 20.1 Å². The van der Waals surface area contributed by atoms with Crippen LogP contribution in [0.25, 0.3) is 22.3 Å². The van der Waals surface area contributed by atoms with Crippen molar-refractivity contribution in [1.29, 1.82) is 0 Å². The Morgan fingerprint density at radius 2 is 1.77 bits per heavy atom. The lowest BCUT2D eigenvalue weighted by molar-refractivity contribution is -0.151. The highest BCUT2D eigenvalue weighted by Crippen LogP contribution is 2.45. The van der Waals surface area contributed by atoms with Gasteiger partial charge in [0, 0.05) is 42.6 Å². The predicted molar refractivity (Wildman–Crippen MR) is 149 cm³/mol. The quantitative estimate of drug-likeness (QED) is 0.294. The van der Waals surface area contributed by atoms with Gasteiger partial charge in [0.1, 0.15) is 5.75 Å². The third-order valence-corrected chi connectivity index (χ3v) is 9.07. The molecular weight excluding hydrogens is 492 g/mol. The number of nitrogens with one attached hydrogen (secondary N) is 1. The molecular formula is C30H34N6O3. The number of carbonyl (C=O) groups is 1. The highest BCUT2D eigenvalue weighted by Gasteiger charge is 2.40. The number of aromatic amines is 1. The average Bonchev–Trinajstić information content (AvgIpc) is 3.41. The minimum Gasteiger partial charge on any atom is -0.507 e. The number of phenols is 1. The number of benzene rings is 1. The summed E-state index contributed by atoms with van der Waals surface area (Å²) < 4.78 is 0. The van der Waals surface area contributed by atoms with E-state index in [0.717, 1.165) is 61.3 Å². The van der Waals surface area contributed by atoms with Crippen molar-refractivity contribution in [3.8, 4) is 17.0 Å². The number of hydrogen-bond acceptors (Lipinski definition) is 7. The first-order valence-corrected chi connectivity index (χ1v) is 13.9. The van der Waals surface area contributed by atoms with Crippen LogP contribution in [-0.2, 0) is 4.79 Å². The third kappa shape index (κ3) is 4.70. The van der Waals surface area contributed by atoms with Crippen LogP contribution in [0.3, 0.4) is 0 Å². The summed E-state index contributed by atoms with van der Waals surface area (Å²) in [5.74, 6) is 1.01. The van der Waals surface area contributed by atoms with Crippen molar-refractivity contribution in [3.05, 3.63) is 60.0 Å². The number of aliphatic carboxylic acids is 1. The molecule has 4 heterocycles. The van der Waals surface area contributed by atoms with Crippen LogP contribution in [0.15, 0.2) is 48.9 Å². The van der Waals surface area contributed by atoms with E-state index in [9.17, 15) is 15.0 Å². The maximum absolute atomic E-state index is 11.8. The first-order chi connectivity index (χ1) is 19.0. The molecule has 1 aliphatic carbocycles. The zero-order valence-corrected chi connectivity index (χ0v) is 22.2. The lowest BCUT2D eigenvalue weighted by atomic mass is 9.68. The highest BCUT2D eigenvalue weighted by molar-refractivity contribution is 5.84. The summed E-state index contributed by atoms with van der Waals surface area (Å²) in [5, 5.41) is 29.7. The van der Waals surface area contributed by atoms with Crippen molar-refractivity contribution in [3.63, 3.8) is 0 Å². The van der Waals surface area contributed by atoms with Crippen molar-refractivity contribution in [2.75, 3.05) is 18.0 Å². The van der Waals surface area contributed by atoms with Crippen molar-refractivity contribution >= 4 is 23.0 Å². The molecule has 6 rings (SSSR count). The number of rotatable bonds is 6. The fourth-order valence-corrected chi connectivity index (χ4v) is 6.42. The molecule has 0 bridgehead atoms. The normalized spacial score (nSPS) is 22.3. The number of para-hydroxylation sites is 1. The molecule has 4 aromatic rings. The Balaban J connectivity index is 1.11. The zero-order chi connectivity index (χ0) is 27.0. The van der Waals surface area contributed by atoms with E-state index in [-0.39, 0.29) is 5.75 Å². The standard InChI is InChI=1S/C30H34N6O3/c1-2-30(28(38)39)11-7-19(8-12-30)21-16-32-29(33-17-21)36-13-9-20(10-14-36)24-18-31-27-23(24)15-25(34-35-27)22-5-3-4-6-26(22)37/h3-6,15-20,37H,2,7-14H2,1H3,(H,31,35)(H,38,39). The summed E-state index contributed by atoms with van der Waals surface area (Å²) in [4.78, 5) is 26.7. The van der Waals surface area contributed by atoms with E-state index in [2.05, 4.69) is 20.1 Å². The van der Waals surface area contributed by atoms with Gasteiger partial charge in [0.15, 0.2) is 5.65 Å². The van der Waals surface area contributed by atoms with Crippen molar-refractivity contribution in [2.45, 2.75) is 63.7 Å². The zero-order valence-electron chi connectivity index (χ0n) is 22.2. The minimum absolute atomic E-state index is 0.195. The van der Waals surface area contributed by atoms with Crippen LogP contribution in [0.1, 0.15) is 74.8 Å². The van der Waals surface area contributed by atoms with E-state index in [1.165, 1.54) is 5.56 Å². The van der Waals surface area contributed by atoms with Gasteiger partial charge in [0.05, 0.1) is 11.1 Å². The van der Waals surface area contributed by atoms with E-state index in [0.29, 0.717) is 42.4 Å². The molecule has 0 unspecified atom stereocenters. The summed E-state index contributed by atoms with van der Waals surface area (Å²) in [6.45, 7) is 3.71. The van der Waals surface area contributed by atoms with Crippen LogP contribution in [0.2, 0.25) is 0 Å². The number of hydrogen-bond donors (Lipinski definition) is 3. The summed E-state index contributed by atoms with van der Waals surface area (Å²) in [5.41, 5.74) is 3.87. The summed E-state index contributed by atoms with van der Waals surface area (Å²) in [6, 6.07) is 9.21. The summed E-state index contributed by atoms with van der Waals surface area (Å²) >= 11 is 0. The number of carboxylic acid groups (broad SMARTS) is 1. The van der Waals surface area contributed by atoms with Crippen LogP contribution < -0.4 is 4.90 Å². The fraction of sp³-hybridized carbons (Fsp3) is 0.433. The van der Waals surface area contributed by atoms with Crippen molar-refractivity contribution in [2.24, 2.45) is 5.41 Å². The number of fused-ring (bicyclic) bond motifs is 1. The molecule has 9 nitrogen and oxygen atoms in total. The van der Waals surface area contributed by atoms with Crippen LogP contribution >= 0.6 is 0 Å².